The van der Waals surface area contributed by atoms with Crippen molar-refractivity contribution in [2.45, 2.75) is 45.1 Å². The fourth-order valence-corrected chi connectivity index (χ4v) is 2.00. The highest BCUT2D eigenvalue weighted by atomic mass is 16.2. The summed E-state index contributed by atoms with van der Waals surface area (Å²) in [5.74, 6) is 8.14. The summed E-state index contributed by atoms with van der Waals surface area (Å²) in [7, 11) is 0. The molecule has 1 fully saturated rings. The van der Waals surface area contributed by atoms with Crippen LogP contribution in [0.4, 0.5) is 4.79 Å². The number of nitrogens with zero attached hydrogens (tertiary/aromatic N) is 1. The third-order valence-corrected chi connectivity index (χ3v) is 2.95. The van der Waals surface area contributed by atoms with E-state index < -0.39 is 0 Å². The summed E-state index contributed by atoms with van der Waals surface area (Å²) in [6, 6.07) is 0.226. The third kappa shape index (κ3) is 4.83. The number of nitrogens with one attached hydrogen (secondary N) is 1. The van der Waals surface area contributed by atoms with Crippen LogP contribution in [-0.2, 0) is 0 Å². The molecule has 0 aromatic carbocycles. The number of carbonyl (C=O) groups excluding carboxylic acids is 1. The standard InChI is InChI=1S/C14H20N2O/c1-3-5-12-16(11-4-2)14(17)15-13-9-7-6-8-10-13/h2,13H,6-12H2,1H3,(H,15,17). The third-order valence-electron chi connectivity index (χ3n) is 2.95. The zero-order valence-electron chi connectivity index (χ0n) is 10.5. The van der Waals surface area contributed by atoms with Crippen LogP contribution in [0.15, 0.2) is 0 Å². The minimum absolute atomic E-state index is 0.0856. The van der Waals surface area contributed by atoms with E-state index in [0.717, 1.165) is 12.8 Å². The van der Waals surface area contributed by atoms with Gasteiger partial charge in [-0.1, -0.05) is 31.1 Å². The maximum absolute atomic E-state index is 12.0. The molecule has 1 aliphatic carbocycles. The average Bonchev–Trinajstić information content (AvgIpc) is 2.35. The van der Waals surface area contributed by atoms with Crippen LogP contribution >= 0.6 is 0 Å². The van der Waals surface area contributed by atoms with Gasteiger partial charge in [-0.05, 0) is 19.8 Å². The van der Waals surface area contributed by atoms with Crippen LogP contribution in [-0.4, -0.2) is 30.1 Å². The summed E-state index contributed by atoms with van der Waals surface area (Å²) in [4.78, 5) is 13.5. The summed E-state index contributed by atoms with van der Waals surface area (Å²) < 4.78 is 0. The van der Waals surface area contributed by atoms with Gasteiger partial charge in [-0.25, -0.2) is 4.79 Å². The molecule has 1 aliphatic rings. The Labute approximate surface area is 104 Å². The van der Waals surface area contributed by atoms with Gasteiger partial charge in [-0.2, -0.15) is 0 Å². The van der Waals surface area contributed by atoms with Gasteiger partial charge in [0, 0.05) is 6.04 Å². The number of hydrogen-bond acceptors (Lipinski definition) is 1. The van der Waals surface area contributed by atoms with Gasteiger partial charge in [0.1, 0.15) is 0 Å². The summed E-state index contributed by atoms with van der Waals surface area (Å²) in [6.07, 6.45) is 11.1. The molecule has 92 valence electrons. The quantitative estimate of drug-likeness (QED) is 0.741. The van der Waals surface area contributed by atoms with Crippen molar-refractivity contribution in [3.05, 3.63) is 0 Å². The molecule has 3 nitrogen and oxygen atoms in total. The van der Waals surface area contributed by atoms with Crippen molar-refractivity contribution in [3.63, 3.8) is 0 Å². The van der Waals surface area contributed by atoms with Crippen LogP contribution in [0, 0.1) is 24.2 Å². The first-order valence-corrected chi connectivity index (χ1v) is 6.16. The number of rotatable bonds is 3. The summed E-state index contributed by atoms with van der Waals surface area (Å²) in [6.45, 7) is 2.47. The van der Waals surface area contributed by atoms with Gasteiger partial charge in [-0.3, -0.25) is 0 Å². The lowest BCUT2D eigenvalue weighted by molar-refractivity contribution is 0.201. The Morgan fingerprint density at radius 2 is 2.06 bits per heavy atom. The SMILES string of the molecule is C#CCN(CC#CC)C(=O)NC1CCCCC1. The number of amides is 2. The Bertz CT molecular complexity index is 339. The number of carbonyl (C=O) groups is 1. The molecule has 0 atom stereocenters. The highest BCUT2D eigenvalue weighted by Gasteiger charge is 2.18. The largest absolute Gasteiger partial charge is 0.335 e. The molecule has 0 aromatic heterocycles. The van der Waals surface area contributed by atoms with Crippen molar-refractivity contribution >= 4 is 6.03 Å². The average molecular weight is 232 g/mol. The van der Waals surface area contributed by atoms with Crippen molar-refractivity contribution in [3.8, 4) is 24.2 Å². The highest BCUT2D eigenvalue weighted by Crippen LogP contribution is 2.17. The van der Waals surface area contributed by atoms with Gasteiger partial charge < -0.3 is 10.2 Å². The lowest BCUT2D eigenvalue weighted by Crippen LogP contribution is -2.45. The molecule has 0 radical (unpaired) electrons. The van der Waals surface area contributed by atoms with E-state index >= 15 is 0 Å². The molecule has 3 heteroatoms. The second kappa shape index (κ2) is 7.63. The topological polar surface area (TPSA) is 32.3 Å². The molecule has 1 saturated carbocycles. The predicted octanol–water partition coefficient (Wildman–Crippen LogP) is 1.99. The first-order chi connectivity index (χ1) is 8.27. The van der Waals surface area contributed by atoms with E-state index in [0.29, 0.717) is 19.1 Å². The Morgan fingerprint density at radius 3 is 2.65 bits per heavy atom. The van der Waals surface area contributed by atoms with E-state index in [2.05, 4.69) is 23.1 Å². The van der Waals surface area contributed by atoms with Gasteiger partial charge in [0.15, 0.2) is 0 Å². The Balaban J connectivity index is 2.45. The molecule has 0 aromatic rings. The van der Waals surface area contributed by atoms with Crippen molar-refractivity contribution in [2.75, 3.05) is 13.1 Å². The number of urea groups is 1. The normalized spacial score (nSPS) is 15.3. The Hall–Kier alpha value is -1.61. The van der Waals surface area contributed by atoms with Crippen LogP contribution in [0.25, 0.3) is 0 Å². The van der Waals surface area contributed by atoms with Gasteiger partial charge >= 0.3 is 6.03 Å². The van der Waals surface area contributed by atoms with Crippen LogP contribution in [0.2, 0.25) is 0 Å². The minimum Gasteiger partial charge on any atom is -0.335 e. The van der Waals surface area contributed by atoms with Crippen molar-refractivity contribution in [1.82, 2.24) is 10.2 Å². The molecule has 2 amide bonds. The molecule has 0 saturated heterocycles. The van der Waals surface area contributed by atoms with E-state index in [1.54, 1.807) is 11.8 Å². The molecule has 0 unspecified atom stereocenters. The monoisotopic (exact) mass is 232 g/mol. The summed E-state index contributed by atoms with van der Waals surface area (Å²) >= 11 is 0. The highest BCUT2D eigenvalue weighted by molar-refractivity contribution is 5.75. The molecule has 0 spiro atoms. The van der Waals surface area contributed by atoms with E-state index in [1.807, 2.05) is 0 Å². The molecule has 17 heavy (non-hydrogen) atoms. The molecule has 0 heterocycles. The fourth-order valence-electron chi connectivity index (χ4n) is 2.00. The zero-order chi connectivity index (χ0) is 12.5. The second-order valence-corrected chi connectivity index (χ2v) is 4.27. The number of hydrogen-bond donors (Lipinski definition) is 1. The van der Waals surface area contributed by atoms with E-state index in [-0.39, 0.29) is 6.03 Å². The van der Waals surface area contributed by atoms with E-state index in [4.69, 9.17) is 6.42 Å². The fraction of sp³-hybridized carbons (Fsp3) is 0.643. The van der Waals surface area contributed by atoms with Crippen LogP contribution in [0.1, 0.15) is 39.0 Å². The van der Waals surface area contributed by atoms with E-state index in [9.17, 15) is 4.79 Å². The molecule has 0 bridgehead atoms. The van der Waals surface area contributed by atoms with Gasteiger partial charge in [0.25, 0.3) is 0 Å². The van der Waals surface area contributed by atoms with Gasteiger partial charge in [0.2, 0.25) is 0 Å². The van der Waals surface area contributed by atoms with Crippen molar-refractivity contribution in [1.29, 1.82) is 0 Å². The molecule has 0 aliphatic heterocycles. The van der Waals surface area contributed by atoms with Crippen molar-refractivity contribution in [2.24, 2.45) is 0 Å². The lowest BCUT2D eigenvalue weighted by Gasteiger charge is -2.26. The first-order valence-electron chi connectivity index (χ1n) is 6.16. The zero-order valence-corrected chi connectivity index (χ0v) is 10.5. The minimum atomic E-state index is -0.0856. The maximum atomic E-state index is 12.0. The van der Waals surface area contributed by atoms with Crippen LogP contribution in [0.5, 0.6) is 0 Å². The maximum Gasteiger partial charge on any atom is 0.319 e. The predicted molar refractivity (Wildman–Crippen MR) is 69.3 cm³/mol. The lowest BCUT2D eigenvalue weighted by atomic mass is 9.96. The van der Waals surface area contributed by atoms with Crippen LogP contribution < -0.4 is 5.32 Å². The second-order valence-electron chi connectivity index (χ2n) is 4.27. The summed E-state index contributed by atoms with van der Waals surface area (Å²) in [5, 5.41) is 3.04. The van der Waals surface area contributed by atoms with Gasteiger partial charge in [0.05, 0.1) is 13.1 Å². The summed E-state index contributed by atoms with van der Waals surface area (Å²) in [5.41, 5.74) is 0. The van der Waals surface area contributed by atoms with Crippen molar-refractivity contribution < 1.29 is 4.79 Å². The smallest absolute Gasteiger partial charge is 0.319 e. The Kier molecular flexibility index (Phi) is 6.04. The van der Waals surface area contributed by atoms with Crippen LogP contribution in [0.3, 0.4) is 0 Å². The first kappa shape index (κ1) is 13.5. The van der Waals surface area contributed by atoms with E-state index in [1.165, 1.54) is 19.3 Å². The molecular weight excluding hydrogens is 212 g/mol. The molecular formula is C14H20N2O. The number of terminal acetylenes is 1. The molecule has 1 rings (SSSR count). The Morgan fingerprint density at radius 1 is 1.35 bits per heavy atom. The molecule has 1 N–H and O–H groups in total. The van der Waals surface area contributed by atoms with Gasteiger partial charge in [-0.15, -0.1) is 12.3 Å².